The molecule has 206 valence electrons. The van der Waals surface area contributed by atoms with Crippen molar-refractivity contribution < 1.29 is 39.6 Å². The number of carboxylic acids is 4. The van der Waals surface area contributed by atoms with Crippen molar-refractivity contribution in [3.05, 3.63) is 131 Å². The number of carbonyl (C=O) groups is 4. The molecule has 0 radical (unpaired) electrons. The Hall–Kier alpha value is -6.02. The van der Waals surface area contributed by atoms with E-state index < -0.39 is 35.0 Å². The summed E-state index contributed by atoms with van der Waals surface area (Å²) in [7, 11) is 0. The molecule has 4 N–H and O–H groups in total. The van der Waals surface area contributed by atoms with E-state index in [0.29, 0.717) is 22.3 Å². The average Bonchev–Trinajstić information content (AvgIpc) is 3.00. The Morgan fingerprint density at radius 3 is 1.64 bits per heavy atom. The summed E-state index contributed by atoms with van der Waals surface area (Å²) in [5.41, 5.74) is 3.00. The first-order valence-electron chi connectivity index (χ1n) is 12.7. The van der Waals surface area contributed by atoms with Gasteiger partial charge in [-0.05, 0) is 69.3 Å². The monoisotopic (exact) mass is 558 g/mol. The van der Waals surface area contributed by atoms with Gasteiger partial charge in [0.25, 0.3) is 0 Å². The Balaban J connectivity index is 1.87. The average molecular weight is 559 g/mol. The second kappa shape index (κ2) is 11.2. The third kappa shape index (κ3) is 5.12. The van der Waals surface area contributed by atoms with E-state index >= 15 is 0 Å². The van der Waals surface area contributed by atoms with Crippen molar-refractivity contribution in [3.63, 3.8) is 0 Å². The van der Waals surface area contributed by atoms with Gasteiger partial charge in [-0.2, -0.15) is 0 Å². The number of hydrogen-bond acceptors (Lipinski definition) is 4. The maximum absolute atomic E-state index is 12.5. The molecule has 0 bridgehead atoms. The van der Waals surface area contributed by atoms with Crippen molar-refractivity contribution in [1.29, 1.82) is 0 Å². The van der Waals surface area contributed by atoms with E-state index in [0.717, 1.165) is 17.2 Å². The van der Waals surface area contributed by atoms with Gasteiger partial charge in [-0.3, -0.25) is 0 Å². The molecule has 5 aromatic rings. The first kappa shape index (κ1) is 27.5. The molecule has 0 fully saturated rings. The van der Waals surface area contributed by atoms with Crippen LogP contribution < -0.4 is 0 Å². The summed E-state index contributed by atoms with van der Waals surface area (Å²) in [6, 6.07) is 29.5. The zero-order valence-corrected chi connectivity index (χ0v) is 21.8. The van der Waals surface area contributed by atoms with Crippen molar-refractivity contribution in [3.8, 4) is 44.5 Å². The lowest BCUT2D eigenvalue weighted by Gasteiger charge is -2.20. The lowest BCUT2D eigenvalue weighted by Crippen LogP contribution is -2.08. The van der Waals surface area contributed by atoms with Crippen LogP contribution in [0.5, 0.6) is 0 Å². The van der Waals surface area contributed by atoms with Crippen LogP contribution in [-0.2, 0) is 0 Å². The maximum Gasteiger partial charge on any atom is 0.336 e. The maximum atomic E-state index is 12.5. The normalized spacial score (nSPS) is 10.7. The van der Waals surface area contributed by atoms with Crippen molar-refractivity contribution in [2.24, 2.45) is 0 Å². The van der Waals surface area contributed by atoms with E-state index in [2.05, 4.69) is 0 Å². The van der Waals surface area contributed by atoms with E-state index in [1.54, 1.807) is 12.1 Å². The van der Waals surface area contributed by atoms with Crippen LogP contribution in [0.1, 0.15) is 41.4 Å². The molecule has 5 rings (SSSR count). The van der Waals surface area contributed by atoms with Gasteiger partial charge in [0.2, 0.25) is 0 Å². The highest BCUT2D eigenvalue weighted by atomic mass is 16.4. The van der Waals surface area contributed by atoms with Crippen LogP contribution in [0, 0.1) is 0 Å². The molecule has 0 atom stereocenters. The van der Waals surface area contributed by atoms with E-state index in [4.69, 9.17) is 0 Å². The van der Waals surface area contributed by atoms with Crippen LogP contribution in [0.4, 0.5) is 0 Å². The van der Waals surface area contributed by atoms with Gasteiger partial charge in [0.1, 0.15) is 0 Å². The highest BCUT2D eigenvalue weighted by Crippen LogP contribution is 2.43. The quantitative estimate of drug-likeness (QED) is 0.157. The zero-order chi connectivity index (χ0) is 30.0. The first-order chi connectivity index (χ1) is 20.2. The van der Waals surface area contributed by atoms with Crippen molar-refractivity contribution >= 4 is 23.9 Å². The molecule has 8 heteroatoms. The number of carboxylic acid groups (broad SMARTS) is 4. The van der Waals surface area contributed by atoms with E-state index in [1.807, 2.05) is 48.5 Å². The summed E-state index contributed by atoms with van der Waals surface area (Å²) in [5.74, 6) is -5.28. The van der Waals surface area contributed by atoms with Gasteiger partial charge in [-0.25, -0.2) is 19.2 Å². The summed E-state index contributed by atoms with van der Waals surface area (Å²) in [4.78, 5) is 48.2. The van der Waals surface area contributed by atoms with Crippen molar-refractivity contribution in [2.45, 2.75) is 0 Å². The number of benzene rings is 5. The summed E-state index contributed by atoms with van der Waals surface area (Å²) in [6.07, 6.45) is 0. The fraction of sp³-hybridized carbons (Fsp3) is 0. The van der Waals surface area contributed by atoms with Gasteiger partial charge in [0.15, 0.2) is 0 Å². The molecule has 0 spiro atoms. The van der Waals surface area contributed by atoms with Crippen molar-refractivity contribution in [2.75, 3.05) is 0 Å². The minimum atomic E-state index is -1.45. The van der Waals surface area contributed by atoms with Crippen LogP contribution in [-0.4, -0.2) is 44.3 Å². The SMILES string of the molecule is O=C(O)c1ccc(-c2c(C(=O)O)cccc2-c2ccc(C(=O)O)c(C(=O)O)c2)c(-c2ccccc2-c2ccccc2)c1. The number of rotatable bonds is 8. The highest BCUT2D eigenvalue weighted by molar-refractivity contribution is 6.08. The Labute approximate surface area is 239 Å². The predicted molar refractivity (Wildman–Crippen MR) is 156 cm³/mol. The van der Waals surface area contributed by atoms with Crippen molar-refractivity contribution in [1.82, 2.24) is 0 Å². The largest absolute Gasteiger partial charge is 0.478 e. The Bertz CT molecular complexity index is 1890. The molecule has 0 aliphatic rings. The molecule has 0 heterocycles. The molecule has 5 aromatic carbocycles. The molecule has 0 saturated carbocycles. The lowest BCUT2D eigenvalue weighted by atomic mass is 9.83. The van der Waals surface area contributed by atoms with E-state index in [1.165, 1.54) is 42.5 Å². The molecular weight excluding hydrogens is 536 g/mol. The summed E-state index contributed by atoms with van der Waals surface area (Å²) in [5, 5.41) is 39.3. The minimum absolute atomic E-state index is 0.00931. The van der Waals surface area contributed by atoms with Crippen LogP contribution in [0.25, 0.3) is 44.5 Å². The third-order valence-electron chi connectivity index (χ3n) is 6.92. The van der Waals surface area contributed by atoms with E-state index in [-0.39, 0.29) is 22.3 Å². The fourth-order valence-electron chi connectivity index (χ4n) is 5.04. The Kier molecular flexibility index (Phi) is 7.36. The van der Waals surface area contributed by atoms with Crippen LogP contribution in [0.3, 0.4) is 0 Å². The van der Waals surface area contributed by atoms with Crippen LogP contribution in [0.2, 0.25) is 0 Å². The summed E-state index contributed by atoms with van der Waals surface area (Å²) >= 11 is 0. The molecule has 42 heavy (non-hydrogen) atoms. The first-order valence-corrected chi connectivity index (χ1v) is 12.7. The summed E-state index contributed by atoms with van der Waals surface area (Å²) in [6.45, 7) is 0. The minimum Gasteiger partial charge on any atom is -0.478 e. The molecule has 0 aliphatic heterocycles. The van der Waals surface area contributed by atoms with Gasteiger partial charge in [0.05, 0.1) is 22.3 Å². The predicted octanol–water partition coefficient (Wildman–Crippen LogP) is 7.15. The molecule has 8 nitrogen and oxygen atoms in total. The lowest BCUT2D eigenvalue weighted by molar-refractivity contribution is 0.0651. The van der Waals surface area contributed by atoms with Gasteiger partial charge < -0.3 is 20.4 Å². The second-order valence-corrected chi connectivity index (χ2v) is 9.38. The topological polar surface area (TPSA) is 149 Å². The van der Waals surface area contributed by atoms with E-state index in [9.17, 15) is 39.6 Å². The fourth-order valence-corrected chi connectivity index (χ4v) is 5.04. The second-order valence-electron chi connectivity index (χ2n) is 9.38. The Morgan fingerprint density at radius 2 is 1.00 bits per heavy atom. The van der Waals surface area contributed by atoms with Crippen LogP contribution >= 0.6 is 0 Å². The van der Waals surface area contributed by atoms with Gasteiger partial charge in [0, 0.05) is 5.56 Å². The standard InChI is InChI=1S/C34H22O8/c35-31(36)21-14-15-25(28(18-21)24-10-5-4-9-22(24)19-7-2-1-3-8-19)30-23(11-6-12-27(30)33(39)40)20-13-16-26(32(37)38)29(17-20)34(41)42/h1-18H,(H,35,36)(H,37,38)(H,39,40)(H,41,42). The third-order valence-corrected chi connectivity index (χ3v) is 6.92. The van der Waals surface area contributed by atoms with Gasteiger partial charge in [-0.15, -0.1) is 0 Å². The van der Waals surface area contributed by atoms with Crippen LogP contribution in [0.15, 0.2) is 109 Å². The number of aromatic carboxylic acids is 4. The zero-order valence-electron chi connectivity index (χ0n) is 21.8. The molecular formula is C34H22O8. The molecule has 0 aliphatic carbocycles. The summed E-state index contributed by atoms with van der Waals surface area (Å²) < 4.78 is 0. The van der Waals surface area contributed by atoms with Gasteiger partial charge in [-0.1, -0.05) is 78.9 Å². The molecule has 0 unspecified atom stereocenters. The van der Waals surface area contributed by atoms with Gasteiger partial charge >= 0.3 is 23.9 Å². The Morgan fingerprint density at radius 1 is 0.381 bits per heavy atom. The molecule has 0 saturated heterocycles. The highest BCUT2D eigenvalue weighted by Gasteiger charge is 2.24. The molecule has 0 amide bonds. The smallest absolute Gasteiger partial charge is 0.336 e. The number of hydrogen-bond donors (Lipinski definition) is 4. The molecule has 0 aromatic heterocycles.